The first kappa shape index (κ1) is 14.5. The largest absolute Gasteiger partial charge is 0.324 e. The number of rotatable bonds is 1. The lowest BCUT2D eigenvalue weighted by atomic mass is 9.78. The van der Waals surface area contributed by atoms with Crippen molar-refractivity contribution in [2.45, 2.75) is 19.3 Å². The molecule has 0 aliphatic carbocycles. The highest BCUT2D eigenvalue weighted by Gasteiger charge is 2.40. The molecule has 2 saturated heterocycles. The molecule has 0 bridgehead atoms. The van der Waals surface area contributed by atoms with Crippen LogP contribution in [0, 0.1) is 5.41 Å². The van der Waals surface area contributed by atoms with Crippen LogP contribution in [0.1, 0.15) is 19.3 Å². The number of carbonyl (C=O) groups excluding carboxylic acids is 1. The minimum absolute atomic E-state index is 0.0387. The van der Waals surface area contributed by atoms with Crippen LogP contribution in [0.4, 0.5) is 10.5 Å². The van der Waals surface area contributed by atoms with E-state index in [9.17, 15) is 4.79 Å². The fraction of sp³-hybridized carbons (Fsp3) is 0.421. The van der Waals surface area contributed by atoms with Gasteiger partial charge in [-0.15, -0.1) is 0 Å². The lowest BCUT2D eigenvalue weighted by Gasteiger charge is -2.33. The number of urea groups is 1. The van der Waals surface area contributed by atoms with E-state index in [-0.39, 0.29) is 6.03 Å². The Kier molecular flexibility index (Phi) is 3.69. The first-order valence-corrected chi connectivity index (χ1v) is 8.50. The predicted octanol–water partition coefficient (Wildman–Crippen LogP) is 3.45. The number of piperidine rings is 1. The number of hydrogen-bond acceptors (Lipinski definition) is 2. The summed E-state index contributed by atoms with van der Waals surface area (Å²) in [5.41, 5.74) is 1.25. The maximum absolute atomic E-state index is 12.7. The van der Waals surface area contributed by atoms with Crippen molar-refractivity contribution in [1.29, 1.82) is 0 Å². The summed E-state index contributed by atoms with van der Waals surface area (Å²) in [5, 5.41) is 8.79. The van der Waals surface area contributed by atoms with Gasteiger partial charge >= 0.3 is 6.03 Å². The molecular formula is C19H23N3O. The van der Waals surface area contributed by atoms with E-state index >= 15 is 0 Å². The monoisotopic (exact) mass is 309 g/mol. The number of anilines is 1. The van der Waals surface area contributed by atoms with E-state index in [1.54, 1.807) is 0 Å². The molecule has 2 heterocycles. The molecule has 23 heavy (non-hydrogen) atoms. The number of likely N-dealkylation sites (tertiary alicyclic amines) is 1. The maximum atomic E-state index is 12.7. The van der Waals surface area contributed by atoms with Gasteiger partial charge in [-0.05, 0) is 49.2 Å². The van der Waals surface area contributed by atoms with Crippen LogP contribution >= 0.6 is 0 Å². The molecule has 2 aromatic carbocycles. The summed E-state index contributed by atoms with van der Waals surface area (Å²) < 4.78 is 0. The topological polar surface area (TPSA) is 44.4 Å². The van der Waals surface area contributed by atoms with E-state index in [0.717, 1.165) is 49.1 Å². The number of carbonyl (C=O) groups is 1. The molecule has 0 saturated carbocycles. The van der Waals surface area contributed by atoms with Crippen LogP contribution in [0.15, 0.2) is 42.5 Å². The van der Waals surface area contributed by atoms with Crippen molar-refractivity contribution < 1.29 is 4.79 Å². The molecule has 4 rings (SSSR count). The minimum Gasteiger partial charge on any atom is -0.324 e. The highest BCUT2D eigenvalue weighted by Crippen LogP contribution is 2.38. The van der Waals surface area contributed by atoms with Crippen molar-refractivity contribution in [3.63, 3.8) is 0 Å². The van der Waals surface area contributed by atoms with Crippen LogP contribution in [0.25, 0.3) is 10.8 Å². The summed E-state index contributed by atoms with van der Waals surface area (Å²) in [6, 6.07) is 14.3. The van der Waals surface area contributed by atoms with Gasteiger partial charge in [-0.1, -0.05) is 36.4 Å². The van der Waals surface area contributed by atoms with Gasteiger partial charge in [0.05, 0.1) is 5.69 Å². The maximum Gasteiger partial charge on any atom is 0.321 e. The van der Waals surface area contributed by atoms with Crippen molar-refractivity contribution in [3.05, 3.63) is 42.5 Å². The molecule has 0 radical (unpaired) electrons. The van der Waals surface area contributed by atoms with E-state index < -0.39 is 0 Å². The Balaban J connectivity index is 1.49. The summed E-state index contributed by atoms with van der Waals surface area (Å²) in [5.74, 6) is 0. The third kappa shape index (κ3) is 2.79. The Morgan fingerprint density at radius 3 is 2.70 bits per heavy atom. The molecule has 2 aliphatic heterocycles. The van der Waals surface area contributed by atoms with Gasteiger partial charge in [-0.2, -0.15) is 0 Å². The van der Waals surface area contributed by atoms with Gasteiger partial charge in [0.25, 0.3) is 0 Å². The van der Waals surface area contributed by atoms with Gasteiger partial charge in [0.15, 0.2) is 0 Å². The molecular weight excluding hydrogens is 286 g/mol. The second-order valence-corrected chi connectivity index (χ2v) is 6.88. The summed E-state index contributed by atoms with van der Waals surface area (Å²) >= 11 is 0. The number of benzene rings is 2. The predicted molar refractivity (Wildman–Crippen MR) is 93.7 cm³/mol. The lowest BCUT2D eigenvalue weighted by Crippen LogP contribution is -2.40. The smallest absolute Gasteiger partial charge is 0.321 e. The number of hydrogen-bond donors (Lipinski definition) is 2. The summed E-state index contributed by atoms with van der Waals surface area (Å²) in [7, 11) is 0. The van der Waals surface area contributed by atoms with Crippen LogP contribution in [-0.4, -0.2) is 37.1 Å². The average Bonchev–Trinajstić information content (AvgIpc) is 2.99. The second-order valence-electron chi connectivity index (χ2n) is 6.88. The van der Waals surface area contributed by atoms with Crippen LogP contribution in [0.3, 0.4) is 0 Å². The Bertz CT molecular complexity index is 716. The van der Waals surface area contributed by atoms with Crippen molar-refractivity contribution in [3.8, 4) is 0 Å². The Labute approximate surface area is 136 Å². The molecule has 2 fully saturated rings. The van der Waals surface area contributed by atoms with Crippen molar-refractivity contribution >= 4 is 22.5 Å². The molecule has 2 amide bonds. The van der Waals surface area contributed by atoms with Crippen LogP contribution in [-0.2, 0) is 0 Å². The van der Waals surface area contributed by atoms with Gasteiger partial charge in [-0.3, -0.25) is 0 Å². The van der Waals surface area contributed by atoms with E-state index in [2.05, 4.69) is 28.8 Å². The molecule has 1 spiro atoms. The lowest BCUT2D eigenvalue weighted by molar-refractivity contribution is 0.191. The van der Waals surface area contributed by atoms with Gasteiger partial charge in [0, 0.05) is 18.5 Å². The van der Waals surface area contributed by atoms with E-state index in [1.165, 1.54) is 12.8 Å². The molecule has 0 unspecified atom stereocenters. The summed E-state index contributed by atoms with van der Waals surface area (Å²) in [6.07, 6.45) is 3.51. The molecule has 0 atom stereocenters. The number of amides is 2. The van der Waals surface area contributed by atoms with Crippen LogP contribution < -0.4 is 10.6 Å². The van der Waals surface area contributed by atoms with Crippen LogP contribution in [0.5, 0.6) is 0 Å². The van der Waals surface area contributed by atoms with Crippen LogP contribution in [0.2, 0.25) is 0 Å². The molecule has 2 N–H and O–H groups in total. The van der Waals surface area contributed by atoms with Gasteiger partial charge in [-0.25, -0.2) is 4.79 Å². The Morgan fingerprint density at radius 2 is 1.83 bits per heavy atom. The first-order chi connectivity index (χ1) is 11.3. The third-order valence-corrected chi connectivity index (χ3v) is 5.42. The Hall–Kier alpha value is -2.07. The molecule has 2 aliphatic rings. The standard InChI is InChI=1S/C19H23N3O/c23-18(22-13-10-19(14-22)8-11-20-12-9-19)21-17-7-3-5-15-4-1-2-6-16(15)17/h1-7,20H,8-14H2,(H,21,23). The summed E-state index contributed by atoms with van der Waals surface area (Å²) in [6.45, 7) is 3.93. The Morgan fingerprint density at radius 1 is 1.04 bits per heavy atom. The van der Waals surface area contributed by atoms with E-state index in [1.807, 2.05) is 29.2 Å². The second kappa shape index (κ2) is 5.85. The van der Waals surface area contributed by atoms with E-state index in [4.69, 9.17) is 0 Å². The molecule has 4 heteroatoms. The fourth-order valence-corrected chi connectivity index (χ4v) is 4.00. The highest BCUT2D eigenvalue weighted by molar-refractivity contribution is 6.01. The van der Waals surface area contributed by atoms with Gasteiger partial charge in [0.1, 0.15) is 0 Å². The van der Waals surface area contributed by atoms with Crippen molar-refractivity contribution in [2.75, 3.05) is 31.5 Å². The number of nitrogens with zero attached hydrogens (tertiary/aromatic N) is 1. The fourth-order valence-electron chi connectivity index (χ4n) is 4.00. The quantitative estimate of drug-likeness (QED) is 0.847. The average molecular weight is 309 g/mol. The van der Waals surface area contributed by atoms with Crippen molar-refractivity contribution in [1.82, 2.24) is 10.2 Å². The highest BCUT2D eigenvalue weighted by atomic mass is 16.2. The number of nitrogens with one attached hydrogen (secondary N) is 2. The molecule has 120 valence electrons. The normalized spacial score (nSPS) is 20.1. The molecule has 0 aromatic heterocycles. The molecule has 4 nitrogen and oxygen atoms in total. The van der Waals surface area contributed by atoms with E-state index in [0.29, 0.717) is 5.41 Å². The van der Waals surface area contributed by atoms with Gasteiger partial charge < -0.3 is 15.5 Å². The zero-order chi connectivity index (χ0) is 15.7. The third-order valence-electron chi connectivity index (χ3n) is 5.42. The van der Waals surface area contributed by atoms with Gasteiger partial charge in [0.2, 0.25) is 0 Å². The SMILES string of the molecule is O=C(Nc1cccc2ccccc12)N1CCC2(CCNCC2)C1. The number of fused-ring (bicyclic) bond motifs is 1. The first-order valence-electron chi connectivity index (χ1n) is 8.50. The molecule has 2 aromatic rings. The zero-order valence-electron chi connectivity index (χ0n) is 13.3. The minimum atomic E-state index is 0.0387. The van der Waals surface area contributed by atoms with Crippen molar-refractivity contribution in [2.24, 2.45) is 5.41 Å². The summed E-state index contributed by atoms with van der Waals surface area (Å²) in [4.78, 5) is 14.7. The zero-order valence-corrected chi connectivity index (χ0v) is 13.3.